The maximum atomic E-state index is 13.4. The molecule has 4 rings (SSSR count). The van der Waals surface area contributed by atoms with Crippen molar-refractivity contribution in [3.63, 3.8) is 0 Å². The number of hydrogen-bond acceptors (Lipinski definition) is 3. The van der Waals surface area contributed by atoms with Crippen molar-refractivity contribution in [3.8, 4) is 0 Å². The van der Waals surface area contributed by atoms with E-state index < -0.39 is 0 Å². The van der Waals surface area contributed by atoms with Gasteiger partial charge in [0.25, 0.3) is 0 Å². The third-order valence-corrected chi connectivity index (χ3v) is 6.51. The van der Waals surface area contributed by atoms with Crippen molar-refractivity contribution < 1.29 is 4.39 Å². The molecule has 1 aliphatic heterocycles. The van der Waals surface area contributed by atoms with Gasteiger partial charge in [0.05, 0.1) is 6.17 Å². The Hall–Kier alpha value is -2.14. The summed E-state index contributed by atoms with van der Waals surface area (Å²) in [6, 6.07) is 24.7. The highest BCUT2D eigenvalue weighted by molar-refractivity contribution is 7.98. The first-order valence-corrected chi connectivity index (χ1v) is 11.8. The first-order valence-electron chi connectivity index (χ1n) is 10.5. The van der Waals surface area contributed by atoms with Gasteiger partial charge in [-0.15, -0.1) is 11.8 Å². The molecule has 2 nitrogen and oxygen atoms in total. The molecule has 156 valence electrons. The number of thioether (sulfide) groups is 1. The van der Waals surface area contributed by atoms with Crippen molar-refractivity contribution in [2.24, 2.45) is 0 Å². The van der Waals surface area contributed by atoms with E-state index >= 15 is 0 Å². The predicted octanol–water partition coefficient (Wildman–Crippen LogP) is 6.26. The first-order chi connectivity index (χ1) is 14.6. The Labute approximate surface area is 183 Å². The standard InChI is InChI=1S/C26H29FN2S/c1-20-5-3-6-22(17-20)19-29-16-4-15-28(18-21-7-11-24(27)12-8-21)26(29)23-9-13-25(30-2)14-10-23/h3,5-14,17,26H,4,15-16,18-19H2,1-2H3/t26-/m1/s1. The molecule has 3 aromatic carbocycles. The SMILES string of the molecule is CSc1ccc([C@@H]2N(Cc3ccc(F)cc3)CCCN2Cc2cccc(C)c2)cc1. The number of nitrogens with zero attached hydrogens (tertiary/aromatic N) is 2. The van der Waals surface area contributed by atoms with E-state index in [0.717, 1.165) is 38.2 Å². The smallest absolute Gasteiger partial charge is 0.123 e. The van der Waals surface area contributed by atoms with E-state index in [2.05, 4.69) is 71.5 Å². The minimum absolute atomic E-state index is 0.178. The van der Waals surface area contributed by atoms with Crippen molar-refractivity contribution in [2.75, 3.05) is 19.3 Å². The summed E-state index contributed by atoms with van der Waals surface area (Å²) in [7, 11) is 0. The van der Waals surface area contributed by atoms with Crippen molar-refractivity contribution in [2.45, 2.75) is 37.5 Å². The average Bonchev–Trinajstić information content (AvgIpc) is 2.76. The second-order valence-electron chi connectivity index (χ2n) is 8.06. The van der Waals surface area contributed by atoms with Crippen LogP contribution in [0.2, 0.25) is 0 Å². The van der Waals surface area contributed by atoms with Gasteiger partial charge in [-0.3, -0.25) is 9.80 Å². The molecule has 0 spiro atoms. The van der Waals surface area contributed by atoms with E-state index in [4.69, 9.17) is 0 Å². The summed E-state index contributed by atoms with van der Waals surface area (Å²) < 4.78 is 13.4. The monoisotopic (exact) mass is 420 g/mol. The molecule has 0 amide bonds. The Balaban J connectivity index is 1.63. The maximum Gasteiger partial charge on any atom is 0.123 e. The second-order valence-corrected chi connectivity index (χ2v) is 8.94. The van der Waals surface area contributed by atoms with Gasteiger partial charge in [0.15, 0.2) is 0 Å². The zero-order chi connectivity index (χ0) is 20.9. The molecule has 0 saturated carbocycles. The van der Waals surface area contributed by atoms with Crippen LogP contribution in [0, 0.1) is 12.7 Å². The van der Waals surface area contributed by atoms with Crippen molar-refractivity contribution >= 4 is 11.8 Å². The van der Waals surface area contributed by atoms with Crippen LogP contribution >= 0.6 is 11.8 Å². The van der Waals surface area contributed by atoms with E-state index in [-0.39, 0.29) is 12.0 Å². The summed E-state index contributed by atoms with van der Waals surface area (Å²) in [5.41, 5.74) is 5.12. The zero-order valence-electron chi connectivity index (χ0n) is 17.7. The Morgan fingerprint density at radius 2 is 1.53 bits per heavy atom. The first kappa shape index (κ1) is 21.1. The minimum Gasteiger partial charge on any atom is -0.280 e. The Morgan fingerprint density at radius 3 is 2.17 bits per heavy atom. The molecule has 0 aliphatic carbocycles. The number of aryl methyl sites for hydroxylation is 1. The fraction of sp³-hybridized carbons (Fsp3) is 0.308. The Kier molecular flexibility index (Phi) is 6.88. The largest absolute Gasteiger partial charge is 0.280 e. The zero-order valence-corrected chi connectivity index (χ0v) is 18.5. The molecule has 1 aliphatic rings. The molecule has 0 N–H and O–H groups in total. The molecule has 3 aromatic rings. The van der Waals surface area contributed by atoms with Gasteiger partial charge in [-0.25, -0.2) is 4.39 Å². The third-order valence-electron chi connectivity index (χ3n) is 5.76. The van der Waals surface area contributed by atoms with Gasteiger partial charge < -0.3 is 0 Å². The molecule has 30 heavy (non-hydrogen) atoms. The summed E-state index contributed by atoms with van der Waals surface area (Å²) in [6.07, 6.45) is 3.45. The van der Waals surface area contributed by atoms with E-state index in [1.807, 2.05) is 12.1 Å². The molecular formula is C26H29FN2S. The van der Waals surface area contributed by atoms with Gasteiger partial charge in [-0.1, -0.05) is 54.1 Å². The fourth-order valence-electron chi connectivity index (χ4n) is 4.35. The lowest BCUT2D eigenvalue weighted by molar-refractivity contribution is -0.00913. The van der Waals surface area contributed by atoms with Crippen LogP contribution in [-0.4, -0.2) is 29.1 Å². The Morgan fingerprint density at radius 1 is 0.867 bits per heavy atom. The molecule has 1 saturated heterocycles. The lowest BCUT2D eigenvalue weighted by Crippen LogP contribution is -2.46. The lowest BCUT2D eigenvalue weighted by atomic mass is 10.0. The number of hydrogen-bond donors (Lipinski definition) is 0. The molecule has 0 unspecified atom stereocenters. The van der Waals surface area contributed by atoms with Gasteiger partial charge >= 0.3 is 0 Å². The minimum atomic E-state index is -0.178. The summed E-state index contributed by atoms with van der Waals surface area (Å²) in [5, 5.41) is 0. The average molecular weight is 421 g/mol. The van der Waals surface area contributed by atoms with Gasteiger partial charge in [0.1, 0.15) is 5.82 Å². The van der Waals surface area contributed by atoms with Crippen LogP contribution in [-0.2, 0) is 13.1 Å². The molecule has 0 radical (unpaired) electrons. The summed E-state index contributed by atoms with van der Waals surface area (Å²) in [6.45, 7) is 6.01. The van der Waals surface area contributed by atoms with E-state index in [0.29, 0.717) is 0 Å². The Bertz CT molecular complexity index is 956. The van der Waals surface area contributed by atoms with Crippen LogP contribution < -0.4 is 0 Å². The molecule has 4 heteroatoms. The highest BCUT2D eigenvalue weighted by atomic mass is 32.2. The molecule has 1 atom stereocenters. The summed E-state index contributed by atoms with van der Waals surface area (Å²) >= 11 is 1.77. The summed E-state index contributed by atoms with van der Waals surface area (Å²) in [5.74, 6) is -0.178. The van der Waals surface area contributed by atoms with Crippen LogP contribution in [0.5, 0.6) is 0 Å². The molecular weight excluding hydrogens is 391 g/mol. The molecule has 1 heterocycles. The predicted molar refractivity (Wildman–Crippen MR) is 124 cm³/mol. The van der Waals surface area contributed by atoms with E-state index in [1.54, 1.807) is 23.9 Å². The molecule has 0 bridgehead atoms. The maximum absolute atomic E-state index is 13.4. The van der Waals surface area contributed by atoms with Crippen molar-refractivity contribution in [1.82, 2.24) is 9.80 Å². The molecule has 1 fully saturated rings. The number of halogens is 1. The topological polar surface area (TPSA) is 6.48 Å². The fourth-order valence-corrected chi connectivity index (χ4v) is 4.76. The van der Waals surface area contributed by atoms with Gasteiger partial charge in [-0.05, 0) is 60.6 Å². The third kappa shape index (κ3) is 5.12. The summed E-state index contributed by atoms with van der Waals surface area (Å²) in [4.78, 5) is 6.39. The highest BCUT2D eigenvalue weighted by Crippen LogP contribution is 2.33. The quantitative estimate of drug-likeness (QED) is 0.434. The van der Waals surface area contributed by atoms with E-state index in [1.165, 1.54) is 21.6 Å². The van der Waals surface area contributed by atoms with E-state index in [9.17, 15) is 4.39 Å². The van der Waals surface area contributed by atoms with Crippen LogP contribution in [0.25, 0.3) is 0 Å². The van der Waals surface area contributed by atoms with Gasteiger partial charge in [0, 0.05) is 31.1 Å². The van der Waals surface area contributed by atoms with Crippen molar-refractivity contribution in [1.29, 1.82) is 0 Å². The lowest BCUT2D eigenvalue weighted by Gasteiger charge is -2.44. The van der Waals surface area contributed by atoms with Crippen LogP contribution in [0.15, 0.2) is 77.7 Å². The van der Waals surface area contributed by atoms with Crippen LogP contribution in [0.1, 0.15) is 34.8 Å². The van der Waals surface area contributed by atoms with Crippen molar-refractivity contribution in [3.05, 3.63) is 101 Å². The molecule has 0 aromatic heterocycles. The number of rotatable bonds is 6. The normalized spacial score (nSPS) is 17.9. The number of benzene rings is 3. The van der Waals surface area contributed by atoms with Crippen LogP contribution in [0.3, 0.4) is 0 Å². The highest BCUT2D eigenvalue weighted by Gasteiger charge is 2.30. The van der Waals surface area contributed by atoms with Gasteiger partial charge in [0.2, 0.25) is 0 Å². The van der Waals surface area contributed by atoms with Crippen LogP contribution in [0.4, 0.5) is 4.39 Å². The second kappa shape index (κ2) is 9.78. The van der Waals surface area contributed by atoms with Gasteiger partial charge in [-0.2, -0.15) is 0 Å².